The Balaban J connectivity index is 1.71. The molecule has 0 bridgehead atoms. The first-order chi connectivity index (χ1) is 11.8. The number of benzene rings is 1. The summed E-state index contributed by atoms with van der Waals surface area (Å²) in [6, 6.07) is 11.4. The molecule has 126 valence electrons. The van der Waals surface area contributed by atoms with Crippen LogP contribution in [0.2, 0.25) is 0 Å². The third-order valence-electron chi connectivity index (χ3n) is 4.11. The molecule has 1 aliphatic rings. The number of pyridine rings is 1. The lowest BCUT2D eigenvalue weighted by atomic mass is 10.1. The van der Waals surface area contributed by atoms with Crippen molar-refractivity contribution in [2.45, 2.75) is 26.2 Å². The van der Waals surface area contributed by atoms with Gasteiger partial charge in [-0.3, -0.25) is 4.79 Å². The second-order valence-corrected chi connectivity index (χ2v) is 5.87. The summed E-state index contributed by atoms with van der Waals surface area (Å²) >= 11 is 0. The van der Waals surface area contributed by atoms with E-state index >= 15 is 0 Å². The minimum absolute atomic E-state index is 0.158. The standard InChI is InChI=1S/C19H23N3O2/c1-2-24-18-13-15(9-10-20-18)19(23)21-16-7-6-8-17(14-16)22-11-4-3-5-12-22/h6-10,13-14H,2-5,11-12H2,1H3,(H,21,23). The number of carbonyl (C=O) groups excluding carboxylic acids is 1. The van der Waals surface area contributed by atoms with Crippen LogP contribution in [0, 0.1) is 0 Å². The molecule has 0 unspecified atom stereocenters. The van der Waals surface area contributed by atoms with Crippen LogP contribution in [-0.4, -0.2) is 30.6 Å². The summed E-state index contributed by atoms with van der Waals surface area (Å²) in [4.78, 5) is 18.9. The first-order valence-corrected chi connectivity index (χ1v) is 8.51. The Labute approximate surface area is 142 Å². The van der Waals surface area contributed by atoms with Crippen molar-refractivity contribution in [1.29, 1.82) is 0 Å². The number of aromatic nitrogens is 1. The van der Waals surface area contributed by atoms with Gasteiger partial charge in [0.25, 0.3) is 5.91 Å². The van der Waals surface area contributed by atoms with Crippen LogP contribution in [0.25, 0.3) is 0 Å². The monoisotopic (exact) mass is 325 g/mol. The SMILES string of the molecule is CCOc1cc(C(=O)Nc2cccc(N3CCCCC3)c2)ccn1. The molecule has 2 aromatic rings. The minimum atomic E-state index is -0.158. The van der Waals surface area contributed by atoms with Crippen LogP contribution < -0.4 is 15.0 Å². The third kappa shape index (κ3) is 4.04. The summed E-state index contributed by atoms with van der Waals surface area (Å²) in [7, 11) is 0. The highest BCUT2D eigenvalue weighted by atomic mass is 16.5. The molecule has 24 heavy (non-hydrogen) atoms. The molecule has 0 saturated carbocycles. The lowest BCUT2D eigenvalue weighted by Crippen LogP contribution is -2.29. The zero-order valence-corrected chi connectivity index (χ0v) is 14.0. The van der Waals surface area contributed by atoms with Gasteiger partial charge >= 0.3 is 0 Å². The van der Waals surface area contributed by atoms with E-state index in [9.17, 15) is 4.79 Å². The van der Waals surface area contributed by atoms with Crippen LogP contribution in [0.1, 0.15) is 36.5 Å². The van der Waals surface area contributed by atoms with Crippen LogP contribution in [0.4, 0.5) is 11.4 Å². The van der Waals surface area contributed by atoms with Crippen LogP contribution in [0.15, 0.2) is 42.6 Å². The van der Waals surface area contributed by atoms with Crippen molar-refractivity contribution in [3.63, 3.8) is 0 Å². The van der Waals surface area contributed by atoms with Gasteiger partial charge in [-0.15, -0.1) is 0 Å². The Hall–Kier alpha value is -2.56. The van der Waals surface area contributed by atoms with Crippen molar-refractivity contribution < 1.29 is 9.53 Å². The normalized spacial score (nSPS) is 14.3. The van der Waals surface area contributed by atoms with Crippen LogP contribution in [0.5, 0.6) is 5.88 Å². The van der Waals surface area contributed by atoms with E-state index in [4.69, 9.17) is 4.74 Å². The molecular weight excluding hydrogens is 302 g/mol. The number of amides is 1. The Morgan fingerprint density at radius 2 is 2.04 bits per heavy atom. The molecule has 1 aliphatic heterocycles. The van der Waals surface area contributed by atoms with Crippen LogP contribution in [-0.2, 0) is 0 Å². The molecule has 0 aliphatic carbocycles. The van der Waals surface area contributed by atoms with E-state index in [2.05, 4.69) is 21.3 Å². The second kappa shape index (κ2) is 7.81. The summed E-state index contributed by atoms with van der Waals surface area (Å²) in [5, 5.41) is 2.96. The first kappa shape index (κ1) is 16.3. The Morgan fingerprint density at radius 3 is 2.83 bits per heavy atom. The zero-order valence-electron chi connectivity index (χ0n) is 14.0. The molecule has 1 fully saturated rings. The molecule has 3 rings (SSSR count). The number of piperidine rings is 1. The lowest BCUT2D eigenvalue weighted by molar-refractivity contribution is 0.102. The maximum absolute atomic E-state index is 12.5. The number of carbonyl (C=O) groups is 1. The molecule has 1 aromatic carbocycles. The highest BCUT2D eigenvalue weighted by Gasteiger charge is 2.12. The largest absolute Gasteiger partial charge is 0.478 e. The molecule has 1 amide bonds. The van der Waals surface area contributed by atoms with E-state index in [1.165, 1.54) is 19.3 Å². The summed E-state index contributed by atoms with van der Waals surface area (Å²) in [6.07, 6.45) is 5.35. The average Bonchev–Trinajstić information content (AvgIpc) is 2.63. The van der Waals surface area contributed by atoms with Crippen molar-refractivity contribution >= 4 is 17.3 Å². The second-order valence-electron chi connectivity index (χ2n) is 5.87. The van der Waals surface area contributed by atoms with Gasteiger partial charge in [-0.05, 0) is 50.5 Å². The highest BCUT2D eigenvalue weighted by Crippen LogP contribution is 2.23. The molecule has 2 heterocycles. The predicted octanol–water partition coefficient (Wildman–Crippen LogP) is 3.72. The number of hydrogen-bond acceptors (Lipinski definition) is 4. The summed E-state index contributed by atoms with van der Waals surface area (Å²) in [5.41, 5.74) is 2.51. The molecule has 1 saturated heterocycles. The van der Waals surface area contributed by atoms with Gasteiger partial charge in [0.2, 0.25) is 5.88 Å². The molecular formula is C19H23N3O2. The zero-order chi connectivity index (χ0) is 16.8. The molecule has 1 aromatic heterocycles. The fraction of sp³-hybridized carbons (Fsp3) is 0.368. The summed E-state index contributed by atoms with van der Waals surface area (Å²) < 4.78 is 5.35. The van der Waals surface area contributed by atoms with Crippen molar-refractivity contribution in [1.82, 2.24) is 4.98 Å². The number of ether oxygens (including phenoxy) is 1. The predicted molar refractivity (Wildman–Crippen MR) is 95.9 cm³/mol. The van der Waals surface area contributed by atoms with E-state index in [-0.39, 0.29) is 5.91 Å². The van der Waals surface area contributed by atoms with Gasteiger partial charge in [0, 0.05) is 42.3 Å². The topological polar surface area (TPSA) is 54.5 Å². The summed E-state index contributed by atoms with van der Waals surface area (Å²) in [6.45, 7) is 4.58. The molecule has 5 nitrogen and oxygen atoms in total. The number of rotatable bonds is 5. The van der Waals surface area contributed by atoms with E-state index in [1.54, 1.807) is 18.3 Å². The maximum atomic E-state index is 12.5. The van der Waals surface area contributed by atoms with Crippen LogP contribution >= 0.6 is 0 Å². The fourth-order valence-corrected chi connectivity index (χ4v) is 2.91. The Bertz CT molecular complexity index is 697. The van der Waals surface area contributed by atoms with E-state index in [0.717, 1.165) is 24.5 Å². The first-order valence-electron chi connectivity index (χ1n) is 8.51. The van der Waals surface area contributed by atoms with E-state index in [0.29, 0.717) is 18.1 Å². The van der Waals surface area contributed by atoms with Crippen molar-refractivity contribution in [3.8, 4) is 5.88 Å². The van der Waals surface area contributed by atoms with E-state index < -0.39 is 0 Å². The number of nitrogens with zero attached hydrogens (tertiary/aromatic N) is 2. The van der Waals surface area contributed by atoms with Gasteiger partial charge in [0.1, 0.15) is 0 Å². The van der Waals surface area contributed by atoms with Crippen molar-refractivity contribution in [2.24, 2.45) is 0 Å². The highest BCUT2D eigenvalue weighted by molar-refractivity contribution is 6.04. The quantitative estimate of drug-likeness (QED) is 0.910. The van der Waals surface area contributed by atoms with Gasteiger partial charge in [-0.2, -0.15) is 0 Å². The number of nitrogens with one attached hydrogen (secondary N) is 1. The van der Waals surface area contributed by atoms with Gasteiger partial charge in [0.05, 0.1) is 6.61 Å². The van der Waals surface area contributed by atoms with Crippen molar-refractivity contribution in [2.75, 3.05) is 29.9 Å². The molecule has 1 N–H and O–H groups in total. The van der Waals surface area contributed by atoms with Gasteiger partial charge in [-0.25, -0.2) is 4.98 Å². The minimum Gasteiger partial charge on any atom is -0.478 e. The van der Waals surface area contributed by atoms with E-state index in [1.807, 2.05) is 25.1 Å². The number of anilines is 2. The fourth-order valence-electron chi connectivity index (χ4n) is 2.91. The molecule has 5 heteroatoms. The molecule has 0 spiro atoms. The molecule has 0 radical (unpaired) electrons. The maximum Gasteiger partial charge on any atom is 0.255 e. The lowest BCUT2D eigenvalue weighted by Gasteiger charge is -2.29. The third-order valence-corrected chi connectivity index (χ3v) is 4.11. The Kier molecular flexibility index (Phi) is 5.31. The van der Waals surface area contributed by atoms with Gasteiger partial charge in [0.15, 0.2) is 0 Å². The molecule has 0 atom stereocenters. The summed E-state index contributed by atoms with van der Waals surface area (Å²) in [5.74, 6) is 0.307. The van der Waals surface area contributed by atoms with Crippen molar-refractivity contribution in [3.05, 3.63) is 48.2 Å². The van der Waals surface area contributed by atoms with Crippen LogP contribution in [0.3, 0.4) is 0 Å². The smallest absolute Gasteiger partial charge is 0.255 e. The van der Waals surface area contributed by atoms with Gasteiger partial charge < -0.3 is 15.0 Å². The van der Waals surface area contributed by atoms with Gasteiger partial charge in [-0.1, -0.05) is 6.07 Å². The Morgan fingerprint density at radius 1 is 1.21 bits per heavy atom. The number of hydrogen-bond donors (Lipinski definition) is 1. The average molecular weight is 325 g/mol.